The van der Waals surface area contributed by atoms with Crippen LogP contribution in [0.4, 0.5) is 5.69 Å². The lowest BCUT2D eigenvalue weighted by Gasteiger charge is -2.08. The summed E-state index contributed by atoms with van der Waals surface area (Å²) in [5.41, 5.74) is 4.44. The van der Waals surface area contributed by atoms with Crippen molar-refractivity contribution >= 4 is 11.6 Å². The molecule has 0 aliphatic rings. The predicted molar refractivity (Wildman–Crippen MR) is 81.8 cm³/mol. The quantitative estimate of drug-likeness (QED) is 0.774. The number of carbonyl (C=O) groups is 1. The number of aryl methyl sites for hydroxylation is 1. The largest absolute Gasteiger partial charge is 0.357 e. The molecule has 3 rings (SSSR count). The molecule has 0 saturated carbocycles. The smallest absolute Gasteiger partial charge is 0.272 e. The number of aromatic amines is 1. The standard InChI is InChI=1S/C16H16N4O/c1-11-12(2)20(10-18-11)14-7-5-13(6-8-14)19-16(21)15-4-3-9-17-15/h3-10,17H,1-2H3,(H,19,21). The summed E-state index contributed by atoms with van der Waals surface area (Å²) in [6, 6.07) is 11.2. The van der Waals surface area contributed by atoms with E-state index in [2.05, 4.69) is 15.3 Å². The third-order valence-corrected chi connectivity index (χ3v) is 3.50. The summed E-state index contributed by atoms with van der Waals surface area (Å²) in [5.74, 6) is -0.151. The number of nitrogens with zero attached hydrogens (tertiary/aromatic N) is 2. The Balaban J connectivity index is 1.78. The Labute approximate surface area is 122 Å². The van der Waals surface area contributed by atoms with Gasteiger partial charge in [-0.1, -0.05) is 0 Å². The molecule has 0 spiro atoms. The summed E-state index contributed by atoms with van der Waals surface area (Å²) in [6.07, 6.45) is 3.53. The fourth-order valence-electron chi connectivity index (χ4n) is 2.13. The molecule has 1 aromatic carbocycles. The van der Waals surface area contributed by atoms with Crippen molar-refractivity contribution in [2.24, 2.45) is 0 Å². The molecular formula is C16H16N4O. The molecule has 106 valence electrons. The van der Waals surface area contributed by atoms with Crippen LogP contribution in [-0.4, -0.2) is 20.4 Å². The molecule has 1 amide bonds. The van der Waals surface area contributed by atoms with Crippen LogP contribution < -0.4 is 5.32 Å². The first-order chi connectivity index (χ1) is 10.1. The van der Waals surface area contributed by atoms with Gasteiger partial charge in [0, 0.05) is 23.3 Å². The van der Waals surface area contributed by atoms with Crippen molar-refractivity contribution in [1.82, 2.24) is 14.5 Å². The molecule has 5 heteroatoms. The highest BCUT2D eigenvalue weighted by Crippen LogP contribution is 2.17. The topological polar surface area (TPSA) is 62.7 Å². The first-order valence-electron chi connectivity index (χ1n) is 6.71. The maximum absolute atomic E-state index is 11.9. The van der Waals surface area contributed by atoms with Gasteiger partial charge in [0.25, 0.3) is 5.91 Å². The molecule has 21 heavy (non-hydrogen) atoms. The summed E-state index contributed by atoms with van der Waals surface area (Å²) in [5, 5.41) is 2.85. The average molecular weight is 280 g/mol. The van der Waals surface area contributed by atoms with Gasteiger partial charge in [-0.05, 0) is 50.2 Å². The molecule has 0 unspecified atom stereocenters. The maximum Gasteiger partial charge on any atom is 0.272 e. The molecule has 0 fully saturated rings. The van der Waals surface area contributed by atoms with E-state index < -0.39 is 0 Å². The van der Waals surface area contributed by atoms with Crippen LogP contribution in [0.15, 0.2) is 48.9 Å². The van der Waals surface area contributed by atoms with Crippen molar-refractivity contribution in [1.29, 1.82) is 0 Å². The minimum atomic E-state index is -0.151. The van der Waals surface area contributed by atoms with E-state index in [1.807, 2.05) is 42.7 Å². The van der Waals surface area contributed by atoms with Crippen molar-refractivity contribution in [3.63, 3.8) is 0 Å². The van der Waals surface area contributed by atoms with Crippen molar-refractivity contribution < 1.29 is 4.79 Å². The molecule has 2 aromatic heterocycles. The zero-order valence-corrected chi connectivity index (χ0v) is 11.9. The Hall–Kier alpha value is -2.82. The third-order valence-electron chi connectivity index (χ3n) is 3.50. The Morgan fingerprint density at radius 1 is 1.19 bits per heavy atom. The number of H-pyrrole nitrogens is 1. The van der Waals surface area contributed by atoms with Gasteiger partial charge in [-0.2, -0.15) is 0 Å². The third kappa shape index (κ3) is 2.58. The lowest BCUT2D eigenvalue weighted by Crippen LogP contribution is -2.12. The number of hydrogen-bond acceptors (Lipinski definition) is 2. The van der Waals surface area contributed by atoms with E-state index in [0.717, 1.165) is 22.8 Å². The number of anilines is 1. The van der Waals surface area contributed by atoms with Gasteiger partial charge in [0.2, 0.25) is 0 Å². The lowest BCUT2D eigenvalue weighted by molar-refractivity contribution is 0.102. The second-order valence-electron chi connectivity index (χ2n) is 4.87. The fraction of sp³-hybridized carbons (Fsp3) is 0.125. The zero-order valence-electron chi connectivity index (χ0n) is 11.9. The monoisotopic (exact) mass is 280 g/mol. The maximum atomic E-state index is 11.9. The Bertz CT molecular complexity index is 754. The van der Waals surface area contributed by atoms with Gasteiger partial charge < -0.3 is 14.9 Å². The van der Waals surface area contributed by atoms with Gasteiger partial charge in [0.15, 0.2) is 0 Å². The van der Waals surface area contributed by atoms with Crippen LogP contribution in [0.3, 0.4) is 0 Å². The molecule has 0 bridgehead atoms. The van der Waals surface area contributed by atoms with Crippen molar-refractivity contribution in [3.05, 3.63) is 66.0 Å². The van der Waals surface area contributed by atoms with E-state index in [0.29, 0.717) is 5.69 Å². The van der Waals surface area contributed by atoms with Crippen molar-refractivity contribution in [3.8, 4) is 5.69 Å². The summed E-state index contributed by atoms with van der Waals surface area (Å²) >= 11 is 0. The van der Waals surface area contributed by atoms with Crippen LogP contribution in [0.2, 0.25) is 0 Å². The van der Waals surface area contributed by atoms with E-state index in [9.17, 15) is 4.79 Å². The summed E-state index contributed by atoms with van der Waals surface area (Å²) in [4.78, 5) is 19.1. The molecule has 3 aromatic rings. The zero-order chi connectivity index (χ0) is 14.8. The summed E-state index contributed by atoms with van der Waals surface area (Å²) < 4.78 is 2.02. The number of imidazole rings is 1. The van der Waals surface area contributed by atoms with Crippen LogP contribution in [-0.2, 0) is 0 Å². The van der Waals surface area contributed by atoms with Gasteiger partial charge in [-0.15, -0.1) is 0 Å². The van der Waals surface area contributed by atoms with E-state index >= 15 is 0 Å². The first kappa shape index (κ1) is 13.2. The number of rotatable bonds is 3. The van der Waals surface area contributed by atoms with Crippen LogP contribution in [0.25, 0.3) is 5.69 Å². The highest BCUT2D eigenvalue weighted by Gasteiger charge is 2.07. The Morgan fingerprint density at radius 2 is 1.95 bits per heavy atom. The Morgan fingerprint density at radius 3 is 2.52 bits per heavy atom. The number of amides is 1. The number of nitrogens with one attached hydrogen (secondary N) is 2. The highest BCUT2D eigenvalue weighted by atomic mass is 16.1. The first-order valence-corrected chi connectivity index (χ1v) is 6.71. The number of aromatic nitrogens is 3. The van der Waals surface area contributed by atoms with Crippen LogP contribution in [0.5, 0.6) is 0 Å². The van der Waals surface area contributed by atoms with E-state index in [1.165, 1.54) is 0 Å². The van der Waals surface area contributed by atoms with E-state index in [4.69, 9.17) is 0 Å². The van der Waals surface area contributed by atoms with Crippen molar-refractivity contribution in [2.45, 2.75) is 13.8 Å². The SMILES string of the molecule is Cc1ncn(-c2ccc(NC(=O)c3ccc[nH]3)cc2)c1C. The predicted octanol–water partition coefficient (Wildman–Crippen LogP) is 3.07. The molecule has 0 atom stereocenters. The Kier molecular flexibility index (Phi) is 3.31. The van der Waals surface area contributed by atoms with E-state index in [1.54, 1.807) is 24.7 Å². The number of benzene rings is 1. The molecule has 0 radical (unpaired) electrons. The van der Waals surface area contributed by atoms with E-state index in [-0.39, 0.29) is 5.91 Å². The molecule has 5 nitrogen and oxygen atoms in total. The number of hydrogen-bond donors (Lipinski definition) is 2. The van der Waals surface area contributed by atoms with Gasteiger partial charge in [-0.3, -0.25) is 4.79 Å². The molecule has 2 heterocycles. The van der Waals surface area contributed by atoms with Gasteiger partial charge >= 0.3 is 0 Å². The molecule has 2 N–H and O–H groups in total. The number of carbonyl (C=O) groups excluding carboxylic acids is 1. The molecular weight excluding hydrogens is 264 g/mol. The summed E-state index contributed by atoms with van der Waals surface area (Å²) in [7, 11) is 0. The highest BCUT2D eigenvalue weighted by molar-refractivity contribution is 6.02. The average Bonchev–Trinajstić information content (AvgIpc) is 3.12. The van der Waals surface area contributed by atoms with Crippen LogP contribution >= 0.6 is 0 Å². The minimum absolute atomic E-state index is 0.151. The molecule has 0 saturated heterocycles. The van der Waals surface area contributed by atoms with Crippen LogP contribution in [0, 0.1) is 13.8 Å². The van der Waals surface area contributed by atoms with Crippen LogP contribution in [0.1, 0.15) is 21.9 Å². The lowest BCUT2D eigenvalue weighted by atomic mass is 10.2. The second-order valence-corrected chi connectivity index (χ2v) is 4.87. The van der Waals surface area contributed by atoms with Gasteiger partial charge in [-0.25, -0.2) is 4.98 Å². The van der Waals surface area contributed by atoms with Gasteiger partial charge in [0.05, 0.1) is 12.0 Å². The normalized spacial score (nSPS) is 10.6. The fourth-order valence-corrected chi connectivity index (χ4v) is 2.13. The minimum Gasteiger partial charge on any atom is -0.357 e. The van der Waals surface area contributed by atoms with Crippen molar-refractivity contribution in [2.75, 3.05) is 5.32 Å². The second kappa shape index (κ2) is 5.28. The molecule has 0 aliphatic heterocycles. The van der Waals surface area contributed by atoms with Gasteiger partial charge in [0.1, 0.15) is 5.69 Å². The molecule has 0 aliphatic carbocycles. The summed E-state index contributed by atoms with van der Waals surface area (Å²) in [6.45, 7) is 4.01.